The van der Waals surface area contributed by atoms with Crippen LogP contribution in [0, 0.1) is 0 Å². The summed E-state index contributed by atoms with van der Waals surface area (Å²) >= 11 is 12.1. The normalized spacial score (nSPS) is 22.2. The van der Waals surface area contributed by atoms with E-state index >= 15 is 0 Å². The van der Waals surface area contributed by atoms with Crippen LogP contribution in [0.3, 0.4) is 0 Å². The molecule has 4 nitrogen and oxygen atoms in total. The van der Waals surface area contributed by atoms with Gasteiger partial charge in [-0.3, -0.25) is 0 Å². The molecule has 1 fully saturated rings. The summed E-state index contributed by atoms with van der Waals surface area (Å²) in [6.45, 7) is 4.22. The van der Waals surface area contributed by atoms with Gasteiger partial charge in [0.1, 0.15) is 0 Å². The molecule has 0 unspecified atom stereocenters. The molecular weight excluding hydrogens is 319 g/mol. The van der Waals surface area contributed by atoms with Gasteiger partial charge in [-0.25, -0.2) is 4.99 Å². The quantitative estimate of drug-likeness (QED) is 0.443. The second-order valence-electron chi connectivity index (χ2n) is 5.43. The average Bonchev–Trinajstić information content (AvgIpc) is 2.49. The number of hydrogen-bond acceptors (Lipinski definition) is 2. The summed E-state index contributed by atoms with van der Waals surface area (Å²) in [6, 6.07) is 5.67. The van der Waals surface area contributed by atoms with Crippen LogP contribution >= 0.6 is 23.2 Å². The maximum Gasteiger partial charge on any atom is 0.196 e. The fourth-order valence-corrected chi connectivity index (χ4v) is 2.97. The highest BCUT2D eigenvalue weighted by Crippen LogP contribution is 2.25. The van der Waals surface area contributed by atoms with Gasteiger partial charge in [-0.05, 0) is 31.0 Å². The first-order chi connectivity index (χ1) is 10.6. The predicted octanol–water partition coefficient (Wildman–Crippen LogP) is 3.81. The molecular formula is C16H22Cl2N4. The second-order valence-corrected chi connectivity index (χ2v) is 6.27. The Morgan fingerprint density at radius 1 is 1.36 bits per heavy atom. The molecule has 1 saturated carbocycles. The number of hydrogen-bond donors (Lipinski definition) is 3. The maximum absolute atomic E-state index is 6.20. The molecule has 4 N–H and O–H groups in total. The Morgan fingerprint density at radius 3 is 2.82 bits per heavy atom. The van der Waals surface area contributed by atoms with Crippen LogP contribution in [0.4, 0.5) is 5.69 Å². The van der Waals surface area contributed by atoms with Crippen molar-refractivity contribution < 1.29 is 0 Å². The van der Waals surface area contributed by atoms with Crippen LogP contribution in [-0.2, 0) is 0 Å². The first-order valence-corrected chi connectivity index (χ1v) is 8.25. The molecule has 2 rings (SSSR count). The van der Waals surface area contributed by atoms with Crippen molar-refractivity contribution in [1.29, 1.82) is 0 Å². The lowest BCUT2D eigenvalue weighted by atomic mass is 9.91. The molecule has 0 spiro atoms. The van der Waals surface area contributed by atoms with Gasteiger partial charge in [-0.15, -0.1) is 6.58 Å². The third-order valence-corrected chi connectivity index (χ3v) is 4.25. The first kappa shape index (κ1) is 17.1. The number of aliphatic imine (C=N–C) groups is 1. The van der Waals surface area contributed by atoms with Gasteiger partial charge >= 0.3 is 0 Å². The van der Waals surface area contributed by atoms with Gasteiger partial charge in [0.15, 0.2) is 5.96 Å². The minimum Gasteiger partial charge on any atom is -0.352 e. The van der Waals surface area contributed by atoms with Crippen LogP contribution in [0.1, 0.15) is 25.7 Å². The van der Waals surface area contributed by atoms with Gasteiger partial charge in [-0.1, -0.05) is 42.1 Å². The van der Waals surface area contributed by atoms with Gasteiger partial charge in [0.2, 0.25) is 0 Å². The molecule has 0 amide bonds. The zero-order chi connectivity index (χ0) is 15.9. The minimum absolute atomic E-state index is 0.144. The van der Waals surface area contributed by atoms with Crippen molar-refractivity contribution >= 4 is 34.8 Å². The van der Waals surface area contributed by atoms with E-state index in [-0.39, 0.29) is 12.1 Å². The average molecular weight is 341 g/mol. The van der Waals surface area contributed by atoms with E-state index < -0.39 is 0 Å². The molecule has 0 heterocycles. The zero-order valence-electron chi connectivity index (χ0n) is 12.5. The summed E-state index contributed by atoms with van der Waals surface area (Å²) in [5, 5.41) is 7.78. The van der Waals surface area contributed by atoms with Gasteiger partial charge in [0.25, 0.3) is 0 Å². The number of guanidine groups is 1. The zero-order valence-corrected chi connectivity index (χ0v) is 14.0. The van der Waals surface area contributed by atoms with Crippen molar-refractivity contribution in [2.45, 2.75) is 37.8 Å². The van der Waals surface area contributed by atoms with Crippen LogP contribution in [0.25, 0.3) is 0 Å². The number of nitrogens with one attached hydrogen (secondary N) is 2. The molecule has 120 valence electrons. The fourth-order valence-electron chi connectivity index (χ4n) is 2.51. The largest absolute Gasteiger partial charge is 0.352 e. The van der Waals surface area contributed by atoms with E-state index in [1.54, 1.807) is 18.2 Å². The Morgan fingerprint density at radius 2 is 2.14 bits per heavy atom. The predicted molar refractivity (Wildman–Crippen MR) is 96.0 cm³/mol. The Hall–Kier alpha value is -1.23. The van der Waals surface area contributed by atoms with Crippen molar-refractivity contribution in [3.8, 4) is 0 Å². The lowest BCUT2D eigenvalue weighted by Crippen LogP contribution is -2.51. The molecule has 0 bridgehead atoms. The summed E-state index contributed by atoms with van der Waals surface area (Å²) in [5.41, 5.74) is 6.95. The van der Waals surface area contributed by atoms with Crippen molar-refractivity contribution in [2.75, 3.05) is 11.9 Å². The Kier molecular flexibility index (Phi) is 6.55. The van der Waals surface area contributed by atoms with Crippen LogP contribution in [0.5, 0.6) is 0 Å². The lowest BCUT2D eigenvalue weighted by Gasteiger charge is -2.30. The SMILES string of the molecule is C=CCN=C(Nc1ccc(Cl)cc1Cl)N[C@H]1CCCC[C@@H]1N. The van der Waals surface area contributed by atoms with Crippen LogP contribution in [-0.4, -0.2) is 24.6 Å². The third kappa shape index (κ3) is 4.90. The number of halogens is 2. The smallest absolute Gasteiger partial charge is 0.196 e. The molecule has 0 saturated heterocycles. The molecule has 6 heteroatoms. The molecule has 1 aromatic rings. The van der Waals surface area contributed by atoms with Gasteiger partial charge in [-0.2, -0.15) is 0 Å². The summed E-state index contributed by atoms with van der Waals surface area (Å²) in [7, 11) is 0. The molecule has 0 aromatic heterocycles. The molecule has 2 atom stereocenters. The molecule has 1 aliphatic rings. The van der Waals surface area contributed by atoms with Crippen LogP contribution in [0.15, 0.2) is 35.8 Å². The van der Waals surface area contributed by atoms with Crippen molar-refractivity contribution in [3.05, 3.63) is 40.9 Å². The Balaban J connectivity index is 2.10. The number of benzene rings is 1. The van der Waals surface area contributed by atoms with E-state index in [4.69, 9.17) is 28.9 Å². The molecule has 1 aliphatic carbocycles. The minimum atomic E-state index is 0.144. The lowest BCUT2D eigenvalue weighted by molar-refractivity contribution is 0.360. The number of nitrogens with zero attached hydrogens (tertiary/aromatic N) is 1. The van der Waals surface area contributed by atoms with E-state index in [1.165, 1.54) is 12.8 Å². The number of nitrogens with two attached hydrogens (primary N) is 1. The van der Waals surface area contributed by atoms with E-state index in [0.717, 1.165) is 18.5 Å². The highest BCUT2D eigenvalue weighted by atomic mass is 35.5. The second kappa shape index (κ2) is 8.42. The van der Waals surface area contributed by atoms with Crippen molar-refractivity contribution in [3.63, 3.8) is 0 Å². The standard InChI is InChI=1S/C16H22Cl2N4/c1-2-9-20-16(22-15-6-4-3-5-13(15)19)21-14-8-7-11(17)10-12(14)18/h2,7-8,10,13,15H,1,3-6,9,19H2,(H2,20,21,22)/t13-,15-/m0/s1. The topological polar surface area (TPSA) is 62.4 Å². The number of anilines is 1. The van der Waals surface area contributed by atoms with E-state index in [9.17, 15) is 0 Å². The Bertz CT molecular complexity index is 545. The van der Waals surface area contributed by atoms with Gasteiger partial charge in [0.05, 0.1) is 17.3 Å². The highest BCUT2D eigenvalue weighted by molar-refractivity contribution is 6.36. The monoisotopic (exact) mass is 340 g/mol. The van der Waals surface area contributed by atoms with Gasteiger partial charge in [0, 0.05) is 17.1 Å². The van der Waals surface area contributed by atoms with Crippen LogP contribution in [0.2, 0.25) is 10.0 Å². The van der Waals surface area contributed by atoms with Gasteiger partial charge < -0.3 is 16.4 Å². The third-order valence-electron chi connectivity index (χ3n) is 3.70. The molecule has 22 heavy (non-hydrogen) atoms. The highest BCUT2D eigenvalue weighted by Gasteiger charge is 2.22. The molecule has 1 aromatic carbocycles. The fraction of sp³-hybridized carbons (Fsp3) is 0.438. The summed E-state index contributed by atoms with van der Waals surface area (Å²) in [4.78, 5) is 4.46. The van der Waals surface area contributed by atoms with Crippen LogP contribution < -0.4 is 16.4 Å². The van der Waals surface area contributed by atoms with E-state index in [2.05, 4.69) is 22.2 Å². The van der Waals surface area contributed by atoms with E-state index in [0.29, 0.717) is 22.5 Å². The summed E-state index contributed by atoms with van der Waals surface area (Å²) in [5.74, 6) is 0.659. The molecule has 0 radical (unpaired) electrons. The van der Waals surface area contributed by atoms with E-state index in [1.807, 2.05) is 6.07 Å². The molecule has 0 aliphatic heterocycles. The van der Waals surface area contributed by atoms with Crippen molar-refractivity contribution in [2.24, 2.45) is 10.7 Å². The number of rotatable bonds is 4. The van der Waals surface area contributed by atoms with Crippen molar-refractivity contribution in [1.82, 2.24) is 5.32 Å². The maximum atomic E-state index is 6.20. The summed E-state index contributed by atoms with van der Waals surface area (Å²) in [6.07, 6.45) is 6.20. The summed E-state index contributed by atoms with van der Waals surface area (Å²) < 4.78 is 0. The first-order valence-electron chi connectivity index (χ1n) is 7.49. The Labute approximate surface area is 141 Å².